The second-order valence-electron chi connectivity index (χ2n) is 7.13. The Kier molecular flexibility index (Phi) is 4.99. The van der Waals surface area contributed by atoms with E-state index < -0.39 is 0 Å². The third kappa shape index (κ3) is 3.02. The van der Waals surface area contributed by atoms with E-state index in [-0.39, 0.29) is 30.0 Å². The molecule has 0 bridgehead atoms. The minimum absolute atomic E-state index is 0. The lowest BCUT2D eigenvalue weighted by Gasteiger charge is -2.26. The Hall–Kier alpha value is -2.58. The summed E-state index contributed by atoms with van der Waals surface area (Å²) in [5, 5.41) is 8.90. The van der Waals surface area contributed by atoms with E-state index in [0.29, 0.717) is 18.8 Å². The van der Waals surface area contributed by atoms with Gasteiger partial charge in [-0.05, 0) is 44.5 Å². The number of carbonyl (C=O) groups excluding carboxylic acids is 1. The number of fused-ring (bicyclic) bond motifs is 3. The molecule has 5 rings (SSSR count). The van der Waals surface area contributed by atoms with Gasteiger partial charge in [0.05, 0.1) is 28.9 Å². The van der Waals surface area contributed by atoms with Crippen LogP contribution in [-0.4, -0.2) is 46.9 Å². The van der Waals surface area contributed by atoms with Gasteiger partial charge < -0.3 is 15.0 Å². The average molecular weight is 404 g/mol. The minimum atomic E-state index is -0.357. The van der Waals surface area contributed by atoms with Crippen LogP contribution in [0, 0.1) is 0 Å². The molecular weight excluding hydrogens is 382 g/mol. The van der Waals surface area contributed by atoms with Gasteiger partial charge in [0.25, 0.3) is 5.56 Å². The number of hydrogen-bond acceptors (Lipinski definition) is 5. The Morgan fingerprint density at radius 2 is 2.00 bits per heavy atom. The molecule has 148 valence electrons. The number of nitrogens with one attached hydrogen (secondary N) is 2. The molecule has 2 aliphatic rings. The summed E-state index contributed by atoms with van der Waals surface area (Å²) in [4.78, 5) is 29.3. The van der Waals surface area contributed by atoms with Crippen LogP contribution in [0.3, 0.4) is 0 Å². The highest BCUT2D eigenvalue weighted by Gasteiger charge is 2.26. The third-order valence-corrected chi connectivity index (χ3v) is 5.46. The maximum absolute atomic E-state index is 12.4. The molecule has 8 nitrogen and oxygen atoms in total. The Labute approximate surface area is 167 Å². The highest BCUT2D eigenvalue weighted by atomic mass is 35.5. The number of benzene rings is 1. The summed E-state index contributed by atoms with van der Waals surface area (Å²) in [5.41, 5.74) is 2.90. The van der Waals surface area contributed by atoms with Crippen LogP contribution in [0.15, 0.2) is 29.1 Å². The van der Waals surface area contributed by atoms with Gasteiger partial charge in [0, 0.05) is 18.5 Å². The number of anilines is 1. The fourth-order valence-corrected chi connectivity index (χ4v) is 4.17. The van der Waals surface area contributed by atoms with Crippen molar-refractivity contribution < 1.29 is 9.53 Å². The Morgan fingerprint density at radius 1 is 1.18 bits per heavy atom. The molecule has 0 atom stereocenters. The number of halogens is 1. The van der Waals surface area contributed by atoms with Crippen LogP contribution in [0.5, 0.6) is 0 Å². The van der Waals surface area contributed by atoms with Gasteiger partial charge in [0.2, 0.25) is 0 Å². The second-order valence-corrected chi connectivity index (χ2v) is 7.13. The lowest BCUT2D eigenvalue weighted by atomic mass is 9.94. The summed E-state index contributed by atoms with van der Waals surface area (Å²) in [6, 6.07) is 7.33. The Balaban J connectivity index is 0.00000192. The molecule has 2 aliphatic heterocycles. The van der Waals surface area contributed by atoms with E-state index in [2.05, 4.69) is 10.3 Å². The quantitative estimate of drug-likeness (QED) is 0.685. The van der Waals surface area contributed by atoms with Crippen LogP contribution in [0.4, 0.5) is 10.5 Å². The number of aromatic nitrogens is 3. The molecule has 4 heterocycles. The van der Waals surface area contributed by atoms with Crippen molar-refractivity contribution in [2.75, 3.05) is 31.1 Å². The number of H-pyrrole nitrogens is 1. The van der Waals surface area contributed by atoms with Gasteiger partial charge in [0.15, 0.2) is 0 Å². The van der Waals surface area contributed by atoms with E-state index in [1.807, 2.05) is 22.7 Å². The smallest absolute Gasteiger partial charge is 0.414 e. The molecule has 2 aromatic heterocycles. The summed E-state index contributed by atoms with van der Waals surface area (Å²) in [6.07, 6.45) is 2.36. The fraction of sp³-hybridized carbons (Fsp3) is 0.421. The van der Waals surface area contributed by atoms with Crippen molar-refractivity contribution in [2.24, 2.45) is 0 Å². The molecule has 0 saturated carbocycles. The Bertz CT molecular complexity index is 1090. The summed E-state index contributed by atoms with van der Waals surface area (Å²) in [7, 11) is 0. The number of hydrogen-bond donors (Lipinski definition) is 2. The molecule has 3 aromatic rings. The zero-order valence-corrected chi connectivity index (χ0v) is 16.1. The van der Waals surface area contributed by atoms with Gasteiger partial charge in [0.1, 0.15) is 5.65 Å². The van der Waals surface area contributed by atoms with E-state index in [1.54, 1.807) is 11.0 Å². The topological polar surface area (TPSA) is 91.7 Å². The summed E-state index contributed by atoms with van der Waals surface area (Å²) < 4.78 is 7.05. The molecule has 2 N–H and O–H groups in total. The number of piperidine rings is 1. The van der Waals surface area contributed by atoms with Crippen LogP contribution in [0.2, 0.25) is 0 Å². The first-order chi connectivity index (χ1) is 13.2. The number of ether oxygens (including phenoxy) is 1. The molecule has 9 heteroatoms. The molecule has 28 heavy (non-hydrogen) atoms. The van der Waals surface area contributed by atoms with Gasteiger partial charge in [-0.2, -0.15) is 5.10 Å². The van der Waals surface area contributed by atoms with E-state index in [1.165, 1.54) is 0 Å². The minimum Gasteiger partial charge on any atom is -0.449 e. The number of aromatic amines is 1. The molecular formula is C19H22ClN5O3. The van der Waals surface area contributed by atoms with E-state index in [9.17, 15) is 9.59 Å². The molecule has 2 saturated heterocycles. The van der Waals surface area contributed by atoms with Crippen LogP contribution in [-0.2, 0) is 4.74 Å². The predicted octanol–water partition coefficient (Wildman–Crippen LogP) is 2.41. The molecule has 0 spiro atoms. The zero-order chi connectivity index (χ0) is 18.4. The Morgan fingerprint density at radius 3 is 2.79 bits per heavy atom. The first-order valence-corrected chi connectivity index (χ1v) is 9.42. The fourth-order valence-electron chi connectivity index (χ4n) is 4.17. The van der Waals surface area contributed by atoms with Gasteiger partial charge >= 0.3 is 6.09 Å². The highest BCUT2D eigenvalue weighted by molar-refractivity contribution is 6.07. The van der Waals surface area contributed by atoms with Crippen LogP contribution >= 0.6 is 12.4 Å². The van der Waals surface area contributed by atoms with E-state index in [4.69, 9.17) is 9.84 Å². The maximum atomic E-state index is 12.4. The maximum Gasteiger partial charge on any atom is 0.414 e. The molecule has 1 amide bonds. The molecule has 2 fully saturated rings. The molecule has 0 unspecified atom stereocenters. The lowest BCUT2D eigenvalue weighted by Crippen LogP contribution is -2.37. The van der Waals surface area contributed by atoms with Crippen molar-refractivity contribution in [1.29, 1.82) is 0 Å². The second kappa shape index (κ2) is 7.44. The van der Waals surface area contributed by atoms with Crippen molar-refractivity contribution in [3.05, 3.63) is 40.3 Å². The third-order valence-electron chi connectivity index (χ3n) is 5.46. The number of rotatable bonds is 2. The normalized spacial score (nSPS) is 18.3. The van der Waals surface area contributed by atoms with Crippen molar-refractivity contribution in [3.63, 3.8) is 0 Å². The van der Waals surface area contributed by atoms with Gasteiger partial charge in [-0.25, -0.2) is 9.31 Å². The van der Waals surface area contributed by atoms with Gasteiger partial charge in [-0.3, -0.25) is 9.69 Å². The number of cyclic esters (lactones) is 1. The van der Waals surface area contributed by atoms with Crippen molar-refractivity contribution in [2.45, 2.75) is 25.2 Å². The monoisotopic (exact) mass is 403 g/mol. The predicted molar refractivity (Wildman–Crippen MR) is 109 cm³/mol. The first-order valence-electron chi connectivity index (χ1n) is 9.42. The summed E-state index contributed by atoms with van der Waals surface area (Å²) in [6.45, 7) is 2.90. The van der Waals surface area contributed by atoms with Crippen molar-refractivity contribution in [3.8, 4) is 0 Å². The zero-order valence-electron chi connectivity index (χ0n) is 15.3. The van der Waals surface area contributed by atoms with Crippen LogP contribution in [0.1, 0.15) is 30.9 Å². The van der Waals surface area contributed by atoms with Crippen molar-refractivity contribution >= 4 is 40.7 Å². The molecule has 0 radical (unpaired) electrons. The summed E-state index contributed by atoms with van der Waals surface area (Å²) in [5.74, 6) is 0.286. The number of carbonyl (C=O) groups is 1. The highest BCUT2D eigenvalue weighted by Crippen LogP contribution is 2.33. The van der Waals surface area contributed by atoms with Gasteiger partial charge in [-0.1, -0.05) is 6.07 Å². The number of amides is 1. The first kappa shape index (κ1) is 18.8. The van der Waals surface area contributed by atoms with Crippen molar-refractivity contribution in [1.82, 2.24) is 19.9 Å². The average Bonchev–Trinajstić information content (AvgIpc) is 3.07. The van der Waals surface area contributed by atoms with Crippen LogP contribution in [0.25, 0.3) is 16.6 Å². The van der Waals surface area contributed by atoms with E-state index >= 15 is 0 Å². The lowest BCUT2D eigenvalue weighted by molar-refractivity contribution is 0.140. The van der Waals surface area contributed by atoms with Gasteiger partial charge in [-0.15, -0.1) is 12.4 Å². The van der Waals surface area contributed by atoms with Crippen LogP contribution < -0.4 is 15.8 Å². The molecule has 0 aliphatic carbocycles. The van der Waals surface area contributed by atoms with E-state index in [0.717, 1.165) is 54.6 Å². The summed E-state index contributed by atoms with van der Waals surface area (Å²) >= 11 is 0. The SMILES string of the molecule is Cl.O=C1OCCCN1c1cccc2nn3c(C4CCNCC4)cc(=O)[nH]c3c12. The number of nitrogens with zero attached hydrogens (tertiary/aromatic N) is 3. The largest absolute Gasteiger partial charge is 0.449 e. The standard InChI is InChI=1S/C19H21N5O3.ClH/c25-16-11-15(12-5-7-20-8-6-12)24-18(21-16)17-13(22-24)3-1-4-14(17)23-9-2-10-27-19(23)26;/h1,3-4,11-12,20H,2,5-10H2,(H,21,25);1H. The molecule has 1 aromatic carbocycles.